The molecule has 2 rings (SSSR count). The van der Waals surface area contributed by atoms with Crippen molar-refractivity contribution in [3.63, 3.8) is 0 Å². The minimum atomic E-state index is -0.444. The van der Waals surface area contributed by atoms with Crippen LogP contribution in [0.4, 0.5) is 22.7 Å². The Bertz CT molecular complexity index is 686. The molecule has 0 fully saturated rings. The minimum Gasteiger partial charge on any atom is -0.350 e. The Morgan fingerprint density at radius 1 is 1.14 bits per heavy atom. The molecule has 6 nitrogen and oxygen atoms in total. The molecule has 0 saturated heterocycles. The van der Waals surface area contributed by atoms with Crippen molar-refractivity contribution in [1.82, 2.24) is 0 Å². The van der Waals surface area contributed by atoms with Crippen LogP contribution in [0.5, 0.6) is 0 Å². The summed E-state index contributed by atoms with van der Waals surface area (Å²) in [5.74, 6) is -0.154. The molecule has 0 aliphatic heterocycles. The summed E-state index contributed by atoms with van der Waals surface area (Å²) < 4.78 is 0.741. The number of nitro groups is 1. The minimum absolute atomic E-state index is 0.0101. The Hall–Kier alpha value is -2.41. The number of carbonyl (C=O) groups is 1. The Kier molecular flexibility index (Phi) is 4.54. The van der Waals surface area contributed by atoms with Crippen LogP contribution in [0, 0.1) is 10.1 Å². The van der Waals surface area contributed by atoms with E-state index in [4.69, 9.17) is 0 Å². The molecule has 0 unspecified atom stereocenters. The van der Waals surface area contributed by atoms with Crippen molar-refractivity contribution in [2.24, 2.45) is 0 Å². The lowest BCUT2D eigenvalue weighted by Crippen LogP contribution is -2.05. The van der Waals surface area contributed by atoms with Crippen molar-refractivity contribution in [2.75, 3.05) is 10.6 Å². The monoisotopic (exact) mass is 349 g/mol. The zero-order valence-electron chi connectivity index (χ0n) is 11.1. The zero-order chi connectivity index (χ0) is 15.4. The van der Waals surface area contributed by atoms with Gasteiger partial charge in [-0.15, -0.1) is 0 Å². The van der Waals surface area contributed by atoms with E-state index >= 15 is 0 Å². The predicted octanol–water partition coefficient (Wildman–Crippen LogP) is 4.06. The van der Waals surface area contributed by atoms with Gasteiger partial charge in [-0.2, -0.15) is 0 Å². The van der Waals surface area contributed by atoms with Crippen LogP contribution in [0.3, 0.4) is 0 Å². The van der Waals surface area contributed by atoms with E-state index in [2.05, 4.69) is 26.6 Å². The van der Waals surface area contributed by atoms with Crippen LogP contribution in [-0.4, -0.2) is 10.8 Å². The smallest absolute Gasteiger partial charge is 0.292 e. The molecular weight excluding hydrogens is 338 g/mol. The molecule has 0 aliphatic carbocycles. The summed E-state index contributed by atoms with van der Waals surface area (Å²) in [6, 6.07) is 11.6. The van der Waals surface area contributed by atoms with Crippen LogP contribution >= 0.6 is 15.9 Å². The quantitative estimate of drug-likeness (QED) is 0.643. The molecule has 2 N–H and O–H groups in total. The number of nitro benzene ring substituents is 1. The van der Waals surface area contributed by atoms with Gasteiger partial charge in [-0.1, -0.05) is 15.9 Å². The maximum atomic E-state index is 11.0. The summed E-state index contributed by atoms with van der Waals surface area (Å²) in [5.41, 5.74) is 1.73. The van der Waals surface area contributed by atoms with Gasteiger partial charge in [0.25, 0.3) is 5.69 Å². The van der Waals surface area contributed by atoms with Gasteiger partial charge in [0.2, 0.25) is 5.91 Å². The van der Waals surface area contributed by atoms with E-state index in [-0.39, 0.29) is 11.6 Å². The molecule has 0 bridgehead atoms. The number of hydrogen-bond donors (Lipinski definition) is 2. The molecule has 0 aromatic heterocycles. The molecule has 2 aromatic carbocycles. The van der Waals surface area contributed by atoms with E-state index in [0.29, 0.717) is 17.1 Å². The first-order valence-electron chi connectivity index (χ1n) is 6.04. The number of hydrogen-bond acceptors (Lipinski definition) is 4. The summed E-state index contributed by atoms with van der Waals surface area (Å²) >= 11 is 3.29. The summed E-state index contributed by atoms with van der Waals surface area (Å²) in [5, 5.41) is 16.6. The van der Waals surface area contributed by atoms with Crippen LogP contribution in [0.2, 0.25) is 0 Å². The number of benzene rings is 2. The molecule has 1 amide bonds. The second-order valence-electron chi connectivity index (χ2n) is 4.30. The molecule has 0 aliphatic rings. The maximum absolute atomic E-state index is 11.0. The van der Waals surface area contributed by atoms with Gasteiger partial charge in [-0.3, -0.25) is 14.9 Å². The van der Waals surface area contributed by atoms with Crippen molar-refractivity contribution in [1.29, 1.82) is 0 Å². The van der Waals surface area contributed by atoms with Gasteiger partial charge in [-0.25, -0.2) is 0 Å². The van der Waals surface area contributed by atoms with Gasteiger partial charge >= 0.3 is 0 Å². The highest BCUT2D eigenvalue weighted by molar-refractivity contribution is 9.10. The van der Waals surface area contributed by atoms with Crippen LogP contribution in [0.15, 0.2) is 46.9 Å². The highest BCUT2D eigenvalue weighted by Crippen LogP contribution is 2.30. The molecule has 0 atom stereocenters. The van der Waals surface area contributed by atoms with Gasteiger partial charge in [0, 0.05) is 28.8 Å². The summed E-state index contributed by atoms with van der Waals surface area (Å²) in [7, 11) is 0. The van der Waals surface area contributed by atoms with Crippen LogP contribution in [0.1, 0.15) is 6.92 Å². The Labute approximate surface area is 129 Å². The van der Waals surface area contributed by atoms with E-state index in [1.165, 1.54) is 13.0 Å². The molecule has 0 saturated carbocycles. The number of amides is 1. The standard InChI is InChI=1S/C14H12BrN3O3/c1-9(19)16-11-3-5-12(6-4-11)17-13-8-10(15)2-7-14(13)18(20)21/h2-8,17H,1H3,(H,16,19). The first kappa shape index (κ1) is 15.0. The van der Waals surface area contributed by atoms with E-state index in [9.17, 15) is 14.9 Å². The molecular formula is C14H12BrN3O3. The molecule has 2 aromatic rings. The summed E-state index contributed by atoms with van der Waals surface area (Å²) in [6.07, 6.45) is 0. The number of anilines is 3. The van der Waals surface area contributed by atoms with Crippen LogP contribution in [0.25, 0.3) is 0 Å². The second kappa shape index (κ2) is 6.36. The highest BCUT2D eigenvalue weighted by Gasteiger charge is 2.13. The van der Waals surface area contributed by atoms with Crippen molar-refractivity contribution in [3.05, 3.63) is 57.1 Å². The molecule has 0 heterocycles. The second-order valence-corrected chi connectivity index (χ2v) is 5.22. The molecule has 21 heavy (non-hydrogen) atoms. The number of nitrogens with zero attached hydrogens (tertiary/aromatic N) is 1. The molecule has 0 spiro atoms. The maximum Gasteiger partial charge on any atom is 0.292 e. The summed E-state index contributed by atoms with van der Waals surface area (Å²) in [4.78, 5) is 21.5. The van der Waals surface area contributed by atoms with Gasteiger partial charge in [0.15, 0.2) is 0 Å². The van der Waals surface area contributed by atoms with Gasteiger partial charge in [0.05, 0.1) is 4.92 Å². The number of nitrogens with one attached hydrogen (secondary N) is 2. The fourth-order valence-electron chi connectivity index (χ4n) is 1.76. The SMILES string of the molecule is CC(=O)Nc1ccc(Nc2cc(Br)ccc2[N+](=O)[O-])cc1. The molecule has 108 valence electrons. The van der Waals surface area contributed by atoms with Gasteiger partial charge < -0.3 is 10.6 Å². The normalized spacial score (nSPS) is 10.0. The third kappa shape index (κ3) is 4.03. The molecule has 0 radical (unpaired) electrons. The highest BCUT2D eigenvalue weighted by atomic mass is 79.9. The lowest BCUT2D eigenvalue weighted by molar-refractivity contribution is -0.383. The average Bonchev–Trinajstić information content (AvgIpc) is 2.40. The van der Waals surface area contributed by atoms with Crippen LogP contribution in [-0.2, 0) is 4.79 Å². The number of rotatable bonds is 4. The van der Waals surface area contributed by atoms with E-state index in [1.807, 2.05) is 0 Å². The fourth-order valence-corrected chi connectivity index (χ4v) is 2.12. The topological polar surface area (TPSA) is 84.3 Å². The van der Waals surface area contributed by atoms with Crippen LogP contribution < -0.4 is 10.6 Å². The largest absolute Gasteiger partial charge is 0.350 e. The van der Waals surface area contributed by atoms with Gasteiger partial charge in [-0.05, 0) is 36.4 Å². The summed E-state index contributed by atoms with van der Waals surface area (Å²) in [6.45, 7) is 1.43. The third-order valence-corrected chi connectivity index (χ3v) is 3.13. The third-order valence-electron chi connectivity index (χ3n) is 2.64. The first-order valence-corrected chi connectivity index (χ1v) is 6.83. The van der Waals surface area contributed by atoms with Crippen molar-refractivity contribution < 1.29 is 9.72 Å². The molecule has 7 heteroatoms. The fraction of sp³-hybridized carbons (Fsp3) is 0.0714. The Morgan fingerprint density at radius 2 is 1.76 bits per heavy atom. The van der Waals surface area contributed by atoms with E-state index < -0.39 is 4.92 Å². The lowest BCUT2D eigenvalue weighted by Gasteiger charge is -2.09. The van der Waals surface area contributed by atoms with Crippen molar-refractivity contribution in [3.8, 4) is 0 Å². The number of carbonyl (C=O) groups excluding carboxylic acids is 1. The Morgan fingerprint density at radius 3 is 2.33 bits per heavy atom. The average molecular weight is 350 g/mol. The van der Waals surface area contributed by atoms with E-state index in [0.717, 1.165) is 4.47 Å². The van der Waals surface area contributed by atoms with Crippen molar-refractivity contribution >= 4 is 44.6 Å². The van der Waals surface area contributed by atoms with Gasteiger partial charge in [0.1, 0.15) is 5.69 Å². The predicted molar refractivity (Wildman–Crippen MR) is 84.8 cm³/mol. The lowest BCUT2D eigenvalue weighted by atomic mass is 10.2. The Balaban J connectivity index is 2.23. The van der Waals surface area contributed by atoms with Crippen molar-refractivity contribution in [2.45, 2.75) is 6.92 Å². The zero-order valence-corrected chi connectivity index (χ0v) is 12.7. The first-order chi connectivity index (χ1) is 9.95. The number of halogens is 1. The van der Waals surface area contributed by atoms with E-state index in [1.54, 1.807) is 36.4 Å².